The SMILES string of the molecule is [CH2]C[C](OOC(=O)c1cc(C)cc(C)c1)OOC(=O)c1cc(C)cc(C)c1. The maximum absolute atomic E-state index is 12.1. The number of hydrogen-bond acceptors (Lipinski definition) is 6. The van der Waals surface area contributed by atoms with Crippen molar-refractivity contribution >= 4 is 11.9 Å². The molecular weight excluding hydrogens is 348 g/mol. The average Bonchev–Trinajstić information content (AvgIpc) is 2.59. The molecular formula is C21H22O6. The van der Waals surface area contributed by atoms with Gasteiger partial charge in [0.15, 0.2) is 0 Å². The van der Waals surface area contributed by atoms with Gasteiger partial charge in [-0.05, 0) is 58.9 Å². The van der Waals surface area contributed by atoms with Gasteiger partial charge < -0.3 is 0 Å². The van der Waals surface area contributed by atoms with Gasteiger partial charge in [-0.15, -0.1) is 9.78 Å². The lowest BCUT2D eigenvalue weighted by molar-refractivity contribution is -0.362. The van der Waals surface area contributed by atoms with Gasteiger partial charge in [-0.1, -0.05) is 34.4 Å². The van der Waals surface area contributed by atoms with Gasteiger partial charge in [0, 0.05) is 6.42 Å². The molecule has 0 spiro atoms. The van der Waals surface area contributed by atoms with E-state index in [4.69, 9.17) is 19.6 Å². The Labute approximate surface area is 158 Å². The first kappa shape index (κ1) is 20.6. The maximum Gasteiger partial charge on any atom is 0.373 e. The maximum atomic E-state index is 12.1. The minimum atomic E-state index is -0.697. The van der Waals surface area contributed by atoms with Crippen LogP contribution in [0.2, 0.25) is 0 Å². The number of aryl methyl sites for hydroxylation is 4. The van der Waals surface area contributed by atoms with Crippen LogP contribution in [0.5, 0.6) is 0 Å². The Bertz CT molecular complexity index is 719. The van der Waals surface area contributed by atoms with E-state index < -0.39 is 11.9 Å². The first-order valence-corrected chi connectivity index (χ1v) is 8.38. The molecule has 6 heteroatoms. The highest BCUT2D eigenvalue weighted by atomic mass is 17.3. The minimum absolute atomic E-state index is 0.0275. The van der Waals surface area contributed by atoms with Crippen molar-refractivity contribution in [2.24, 2.45) is 0 Å². The third-order valence-electron chi connectivity index (χ3n) is 3.54. The van der Waals surface area contributed by atoms with Crippen LogP contribution >= 0.6 is 0 Å². The summed E-state index contributed by atoms with van der Waals surface area (Å²) in [5.41, 5.74) is 4.35. The van der Waals surface area contributed by atoms with Crippen molar-refractivity contribution < 1.29 is 29.1 Å². The fourth-order valence-electron chi connectivity index (χ4n) is 2.55. The van der Waals surface area contributed by atoms with E-state index in [-0.39, 0.29) is 12.7 Å². The van der Waals surface area contributed by atoms with Gasteiger partial charge in [-0.3, -0.25) is 9.78 Å². The zero-order valence-corrected chi connectivity index (χ0v) is 15.8. The zero-order chi connectivity index (χ0) is 20.0. The number of benzene rings is 2. The molecule has 6 nitrogen and oxygen atoms in total. The fourth-order valence-corrected chi connectivity index (χ4v) is 2.55. The minimum Gasteiger partial charge on any atom is -0.289 e. The third-order valence-corrected chi connectivity index (χ3v) is 3.54. The molecule has 2 radical (unpaired) electrons. The summed E-state index contributed by atoms with van der Waals surface area (Å²) < 4.78 is 0. The third kappa shape index (κ3) is 6.20. The van der Waals surface area contributed by atoms with Gasteiger partial charge in [0.25, 0.3) is 0 Å². The molecule has 2 rings (SSSR count). The van der Waals surface area contributed by atoms with Crippen molar-refractivity contribution in [3.8, 4) is 0 Å². The molecule has 0 unspecified atom stereocenters. The first-order chi connectivity index (χ1) is 12.8. The molecule has 0 aliphatic carbocycles. The van der Waals surface area contributed by atoms with E-state index in [9.17, 15) is 9.59 Å². The summed E-state index contributed by atoms with van der Waals surface area (Å²) in [5.74, 6) is -1.39. The van der Waals surface area contributed by atoms with Crippen LogP contribution in [0.3, 0.4) is 0 Å². The standard InChI is InChI=1S/C21H22O6/c1-6-19(24-26-20(22)17-9-13(2)7-14(3)10-17)25-27-21(23)18-11-15(4)8-16(5)12-18/h7-12H,1,6H2,2-5H3. The van der Waals surface area contributed by atoms with Crippen molar-refractivity contribution in [3.63, 3.8) is 0 Å². The van der Waals surface area contributed by atoms with Gasteiger partial charge in [0.1, 0.15) is 0 Å². The number of carbonyl (C=O) groups excluding carboxylic acids is 2. The highest BCUT2D eigenvalue weighted by Crippen LogP contribution is 2.16. The van der Waals surface area contributed by atoms with Crippen LogP contribution < -0.4 is 0 Å². The van der Waals surface area contributed by atoms with Gasteiger partial charge in [0.2, 0.25) is 0 Å². The molecule has 0 saturated carbocycles. The number of hydrogen-bond donors (Lipinski definition) is 0. The predicted molar refractivity (Wildman–Crippen MR) is 98.1 cm³/mol. The molecule has 0 atom stereocenters. The number of carbonyl (C=O) groups is 2. The summed E-state index contributed by atoms with van der Waals surface area (Å²) in [7, 11) is 0. The molecule has 0 amide bonds. The lowest BCUT2D eigenvalue weighted by atomic mass is 10.1. The van der Waals surface area contributed by atoms with Crippen LogP contribution in [-0.2, 0) is 19.6 Å². The molecule has 0 heterocycles. The van der Waals surface area contributed by atoms with Crippen LogP contribution in [0.1, 0.15) is 49.4 Å². The van der Waals surface area contributed by atoms with E-state index >= 15 is 0 Å². The van der Waals surface area contributed by atoms with Crippen molar-refractivity contribution in [2.45, 2.75) is 34.1 Å². The van der Waals surface area contributed by atoms with E-state index in [0.29, 0.717) is 11.1 Å². The highest BCUT2D eigenvalue weighted by Gasteiger charge is 2.20. The van der Waals surface area contributed by atoms with Crippen LogP contribution in [0.15, 0.2) is 36.4 Å². The quantitative estimate of drug-likeness (QED) is 0.527. The van der Waals surface area contributed by atoms with Crippen molar-refractivity contribution in [2.75, 3.05) is 0 Å². The zero-order valence-electron chi connectivity index (χ0n) is 15.8. The van der Waals surface area contributed by atoms with Crippen LogP contribution in [0.25, 0.3) is 0 Å². The summed E-state index contributed by atoms with van der Waals surface area (Å²) in [6, 6.07) is 10.5. The van der Waals surface area contributed by atoms with Gasteiger partial charge in [0.05, 0.1) is 11.1 Å². The predicted octanol–water partition coefficient (Wildman–Crippen LogP) is 4.51. The molecule has 27 heavy (non-hydrogen) atoms. The second kappa shape index (κ2) is 9.30. The largest absolute Gasteiger partial charge is 0.373 e. The Balaban J connectivity index is 1.89. The summed E-state index contributed by atoms with van der Waals surface area (Å²) in [6.07, 6.45) is -0.286. The molecule has 2 aromatic rings. The fraction of sp³-hybridized carbons (Fsp3) is 0.238. The first-order valence-electron chi connectivity index (χ1n) is 8.38. The van der Waals surface area contributed by atoms with Gasteiger partial charge in [-0.2, -0.15) is 0 Å². The molecule has 142 valence electrons. The molecule has 0 aliphatic heterocycles. The monoisotopic (exact) mass is 370 g/mol. The van der Waals surface area contributed by atoms with Crippen molar-refractivity contribution in [1.82, 2.24) is 0 Å². The number of rotatable bonds is 7. The average molecular weight is 370 g/mol. The van der Waals surface area contributed by atoms with E-state index in [1.54, 1.807) is 24.3 Å². The Morgan fingerprint density at radius 3 is 1.30 bits per heavy atom. The molecule has 0 N–H and O–H groups in total. The topological polar surface area (TPSA) is 71.1 Å². The van der Waals surface area contributed by atoms with E-state index in [2.05, 4.69) is 6.92 Å². The van der Waals surface area contributed by atoms with Gasteiger partial charge in [-0.25, -0.2) is 9.59 Å². The molecule has 0 fully saturated rings. The Kier molecular flexibility index (Phi) is 7.10. The smallest absolute Gasteiger partial charge is 0.289 e. The Morgan fingerprint density at radius 2 is 1.00 bits per heavy atom. The Morgan fingerprint density at radius 1 is 0.667 bits per heavy atom. The second-order valence-corrected chi connectivity index (χ2v) is 6.28. The van der Waals surface area contributed by atoms with Crippen LogP contribution in [0, 0.1) is 40.9 Å². The van der Waals surface area contributed by atoms with Crippen molar-refractivity contribution in [1.29, 1.82) is 0 Å². The van der Waals surface area contributed by atoms with Crippen molar-refractivity contribution in [3.05, 3.63) is 83.0 Å². The van der Waals surface area contributed by atoms with E-state index in [0.717, 1.165) is 22.3 Å². The highest BCUT2D eigenvalue weighted by molar-refractivity contribution is 5.90. The summed E-state index contributed by atoms with van der Waals surface area (Å²) in [6.45, 7) is 11.0. The van der Waals surface area contributed by atoms with E-state index in [1.165, 1.54) is 0 Å². The molecule has 0 bridgehead atoms. The van der Waals surface area contributed by atoms with Crippen LogP contribution in [0.4, 0.5) is 0 Å². The normalized spacial score (nSPS) is 10.7. The lowest BCUT2D eigenvalue weighted by Gasteiger charge is -2.12. The Hall–Kier alpha value is -2.70. The summed E-state index contributed by atoms with van der Waals surface area (Å²) in [4.78, 5) is 43.2. The summed E-state index contributed by atoms with van der Waals surface area (Å²) in [5, 5.41) is 0. The molecule has 0 saturated heterocycles. The lowest BCUT2D eigenvalue weighted by Crippen LogP contribution is -2.16. The van der Waals surface area contributed by atoms with Gasteiger partial charge >= 0.3 is 18.2 Å². The summed E-state index contributed by atoms with van der Waals surface area (Å²) >= 11 is 0. The second-order valence-electron chi connectivity index (χ2n) is 6.28. The molecule has 2 aromatic carbocycles. The van der Waals surface area contributed by atoms with E-state index in [1.807, 2.05) is 39.8 Å². The molecule has 0 aliphatic rings. The molecule has 0 aromatic heterocycles. The van der Waals surface area contributed by atoms with Crippen LogP contribution in [-0.4, -0.2) is 11.9 Å².